The summed E-state index contributed by atoms with van der Waals surface area (Å²) in [5.74, 6) is -1.70. The van der Waals surface area contributed by atoms with Gasteiger partial charge >= 0.3 is 5.97 Å². The summed E-state index contributed by atoms with van der Waals surface area (Å²) in [6.07, 6.45) is 3.56. The fourth-order valence-corrected chi connectivity index (χ4v) is 4.51. The molecule has 1 aliphatic rings. The highest BCUT2D eigenvalue weighted by molar-refractivity contribution is 7.89. The average Bonchev–Trinajstić information content (AvgIpc) is 2.77. The second-order valence-electron chi connectivity index (χ2n) is 6.65. The van der Waals surface area contributed by atoms with Crippen molar-refractivity contribution >= 4 is 39.1 Å². The molecule has 0 aliphatic carbocycles. The van der Waals surface area contributed by atoms with Crippen molar-refractivity contribution in [1.82, 2.24) is 14.6 Å². The van der Waals surface area contributed by atoms with Gasteiger partial charge in [-0.05, 0) is 47.9 Å². The molecule has 0 unspecified atom stereocenters. The zero-order valence-electron chi connectivity index (χ0n) is 16.5. The van der Waals surface area contributed by atoms with Gasteiger partial charge in [0.15, 0.2) is 5.69 Å². The number of hydrogen-bond acceptors (Lipinski definition) is 7. The van der Waals surface area contributed by atoms with Gasteiger partial charge in [-0.1, -0.05) is 17.7 Å². The lowest BCUT2D eigenvalue weighted by molar-refractivity contribution is -0.139. The molecule has 0 saturated heterocycles. The maximum atomic E-state index is 12.8. The molecule has 31 heavy (non-hydrogen) atoms. The lowest BCUT2D eigenvalue weighted by Crippen LogP contribution is -2.34. The normalized spacial score (nSPS) is 14.6. The summed E-state index contributed by atoms with van der Waals surface area (Å²) in [5, 5.41) is 12.9. The number of halogens is 1. The third-order valence-electron chi connectivity index (χ3n) is 4.70. The first-order chi connectivity index (χ1) is 14.7. The van der Waals surface area contributed by atoms with Crippen molar-refractivity contribution in [3.63, 3.8) is 0 Å². The molecule has 3 rings (SSSR count). The molecule has 2 N–H and O–H groups in total. The maximum absolute atomic E-state index is 12.8. The molecule has 0 spiro atoms. The van der Waals surface area contributed by atoms with E-state index >= 15 is 0 Å². The van der Waals surface area contributed by atoms with Crippen LogP contribution in [0.4, 0.5) is 0 Å². The van der Waals surface area contributed by atoms with Crippen molar-refractivity contribution in [3.05, 3.63) is 58.9 Å². The van der Waals surface area contributed by atoms with Crippen LogP contribution < -0.4 is 5.32 Å². The van der Waals surface area contributed by atoms with Gasteiger partial charge in [-0.3, -0.25) is 9.59 Å². The minimum absolute atomic E-state index is 0.155. The Kier molecular flexibility index (Phi) is 6.94. The fourth-order valence-electron chi connectivity index (χ4n) is 3.00. The number of pyridine rings is 1. The Morgan fingerprint density at radius 2 is 2.00 bits per heavy atom. The van der Waals surface area contributed by atoms with E-state index in [1.54, 1.807) is 6.08 Å². The Bertz CT molecular complexity index is 1130. The molecule has 1 amide bonds. The zero-order valence-corrected chi connectivity index (χ0v) is 18.1. The zero-order chi connectivity index (χ0) is 22.6. The minimum Gasteiger partial charge on any atom is -0.505 e. The molecule has 0 radical (unpaired) electrons. The van der Waals surface area contributed by atoms with E-state index in [0.29, 0.717) is 17.0 Å². The number of benzene rings is 1. The second-order valence-corrected chi connectivity index (χ2v) is 9.02. The number of nitrogens with zero attached hydrogens (tertiary/aromatic N) is 2. The molecule has 0 bridgehead atoms. The largest absolute Gasteiger partial charge is 0.505 e. The Labute approximate surface area is 184 Å². The highest BCUT2D eigenvalue weighted by Gasteiger charge is 2.27. The van der Waals surface area contributed by atoms with E-state index < -0.39 is 21.9 Å². The summed E-state index contributed by atoms with van der Waals surface area (Å²) in [5.41, 5.74) is 1.15. The topological polar surface area (TPSA) is 126 Å². The molecule has 11 heteroatoms. The Hall–Kier alpha value is -2.95. The van der Waals surface area contributed by atoms with Gasteiger partial charge < -0.3 is 15.2 Å². The van der Waals surface area contributed by atoms with Crippen LogP contribution in [-0.4, -0.2) is 61.4 Å². The van der Waals surface area contributed by atoms with Crippen LogP contribution in [0.15, 0.2) is 47.5 Å². The summed E-state index contributed by atoms with van der Waals surface area (Å²) < 4.78 is 31.3. The number of esters is 1. The SMILES string of the molecule is COC(=O)CNC(=O)c1ncc(C2=CCN(S(=O)(=O)c3ccc(Cl)cc3)CC2)cc1O. The first-order valence-corrected chi connectivity index (χ1v) is 11.0. The van der Waals surface area contributed by atoms with Gasteiger partial charge in [0.25, 0.3) is 5.91 Å². The molecule has 1 aliphatic heterocycles. The number of methoxy groups -OCH3 is 1. The van der Waals surface area contributed by atoms with Crippen LogP contribution in [0.5, 0.6) is 5.75 Å². The third-order valence-corrected chi connectivity index (χ3v) is 6.83. The van der Waals surface area contributed by atoms with Gasteiger partial charge in [0.1, 0.15) is 12.3 Å². The molecule has 0 atom stereocenters. The molecular formula is C20H20ClN3O6S. The summed E-state index contributed by atoms with van der Waals surface area (Å²) in [7, 11) is -2.46. The van der Waals surface area contributed by atoms with E-state index in [1.807, 2.05) is 0 Å². The highest BCUT2D eigenvalue weighted by atomic mass is 35.5. The molecule has 2 heterocycles. The van der Waals surface area contributed by atoms with Crippen molar-refractivity contribution in [2.45, 2.75) is 11.3 Å². The standard InChI is InChI=1S/C20H20ClN3O6S/c1-30-18(26)12-23-20(27)19-17(25)10-14(11-22-19)13-6-8-24(9-7-13)31(28,29)16-4-2-15(21)3-5-16/h2-6,10-11,25H,7-9,12H2,1H3,(H,23,27). The molecule has 1 aromatic heterocycles. The maximum Gasteiger partial charge on any atom is 0.325 e. The van der Waals surface area contributed by atoms with Gasteiger partial charge in [0.2, 0.25) is 10.0 Å². The first-order valence-electron chi connectivity index (χ1n) is 9.21. The van der Waals surface area contributed by atoms with E-state index in [1.165, 1.54) is 47.9 Å². The summed E-state index contributed by atoms with van der Waals surface area (Å²) >= 11 is 5.83. The Morgan fingerprint density at radius 1 is 1.29 bits per heavy atom. The molecule has 164 valence electrons. The molecular weight excluding hydrogens is 446 g/mol. The Morgan fingerprint density at radius 3 is 2.58 bits per heavy atom. The molecule has 9 nitrogen and oxygen atoms in total. The third kappa shape index (κ3) is 5.22. The van der Waals surface area contributed by atoms with Gasteiger partial charge in [-0.2, -0.15) is 4.31 Å². The number of carbonyl (C=O) groups is 2. The fraction of sp³-hybridized carbons (Fsp3) is 0.250. The van der Waals surface area contributed by atoms with Crippen LogP contribution in [0.2, 0.25) is 5.02 Å². The van der Waals surface area contributed by atoms with Gasteiger partial charge in [-0.15, -0.1) is 0 Å². The monoisotopic (exact) mass is 465 g/mol. The van der Waals surface area contributed by atoms with E-state index in [0.717, 1.165) is 5.57 Å². The van der Waals surface area contributed by atoms with Crippen LogP contribution in [0.3, 0.4) is 0 Å². The summed E-state index contributed by atoms with van der Waals surface area (Å²) in [6.45, 7) is 0.0582. The Balaban J connectivity index is 1.71. The van der Waals surface area contributed by atoms with Crippen LogP contribution in [0, 0.1) is 0 Å². The molecule has 2 aromatic rings. The lowest BCUT2D eigenvalue weighted by atomic mass is 10.0. The van der Waals surface area contributed by atoms with Crippen molar-refractivity contribution in [2.75, 3.05) is 26.7 Å². The number of sulfonamides is 1. The van der Waals surface area contributed by atoms with E-state index in [9.17, 15) is 23.1 Å². The van der Waals surface area contributed by atoms with Crippen LogP contribution in [-0.2, 0) is 19.6 Å². The highest BCUT2D eigenvalue weighted by Crippen LogP contribution is 2.28. The average molecular weight is 466 g/mol. The number of aromatic nitrogens is 1. The predicted molar refractivity (Wildman–Crippen MR) is 113 cm³/mol. The minimum atomic E-state index is -3.65. The van der Waals surface area contributed by atoms with Crippen LogP contribution in [0.25, 0.3) is 5.57 Å². The van der Waals surface area contributed by atoms with Gasteiger partial charge in [-0.25, -0.2) is 13.4 Å². The van der Waals surface area contributed by atoms with Crippen molar-refractivity contribution in [1.29, 1.82) is 0 Å². The number of nitrogens with one attached hydrogen (secondary N) is 1. The van der Waals surface area contributed by atoms with E-state index in [2.05, 4.69) is 15.0 Å². The second kappa shape index (κ2) is 9.46. The smallest absolute Gasteiger partial charge is 0.325 e. The number of carbonyl (C=O) groups excluding carboxylic acids is 2. The molecule has 1 aromatic carbocycles. The van der Waals surface area contributed by atoms with Crippen molar-refractivity contribution in [3.8, 4) is 5.75 Å². The van der Waals surface area contributed by atoms with Crippen molar-refractivity contribution < 1.29 is 27.9 Å². The predicted octanol–water partition coefficient (Wildman–Crippen LogP) is 1.82. The number of amides is 1. The number of rotatable bonds is 6. The van der Waals surface area contributed by atoms with Gasteiger partial charge in [0.05, 0.1) is 12.0 Å². The lowest BCUT2D eigenvalue weighted by Gasteiger charge is -2.26. The van der Waals surface area contributed by atoms with E-state index in [-0.39, 0.29) is 36.0 Å². The van der Waals surface area contributed by atoms with E-state index in [4.69, 9.17) is 11.6 Å². The van der Waals surface area contributed by atoms with Crippen LogP contribution >= 0.6 is 11.6 Å². The van der Waals surface area contributed by atoms with Gasteiger partial charge in [0, 0.05) is 24.3 Å². The summed E-state index contributed by atoms with van der Waals surface area (Å²) in [4.78, 5) is 27.3. The molecule has 0 fully saturated rings. The number of aromatic hydroxyl groups is 1. The van der Waals surface area contributed by atoms with Crippen LogP contribution in [0.1, 0.15) is 22.5 Å². The number of hydrogen-bond donors (Lipinski definition) is 2. The first kappa shape index (κ1) is 22.7. The molecule has 0 saturated carbocycles. The number of ether oxygens (including phenoxy) is 1. The quantitative estimate of drug-likeness (QED) is 0.623. The van der Waals surface area contributed by atoms with Crippen molar-refractivity contribution in [2.24, 2.45) is 0 Å². The summed E-state index contributed by atoms with van der Waals surface area (Å²) in [6, 6.07) is 7.36.